The molecule has 6 nitrogen and oxygen atoms in total. The van der Waals surface area contributed by atoms with Crippen molar-refractivity contribution in [2.75, 3.05) is 5.32 Å². The first-order chi connectivity index (χ1) is 11.8. The van der Waals surface area contributed by atoms with Crippen LogP contribution in [0.15, 0.2) is 36.5 Å². The van der Waals surface area contributed by atoms with Crippen LogP contribution in [0.4, 0.5) is 5.69 Å². The quantitative estimate of drug-likeness (QED) is 0.844. The molecule has 0 saturated carbocycles. The summed E-state index contributed by atoms with van der Waals surface area (Å²) in [5.41, 5.74) is 0.721. The molecule has 0 radical (unpaired) electrons. The van der Waals surface area contributed by atoms with E-state index >= 15 is 0 Å². The fourth-order valence-electron chi connectivity index (χ4n) is 2.39. The first-order valence-corrected chi connectivity index (χ1v) is 8.56. The van der Waals surface area contributed by atoms with Gasteiger partial charge in [0.25, 0.3) is 11.8 Å². The lowest BCUT2D eigenvalue weighted by Gasteiger charge is -2.20. The molecular formula is C19H26N4O2. The van der Waals surface area contributed by atoms with Gasteiger partial charge in [-0.05, 0) is 39.3 Å². The van der Waals surface area contributed by atoms with Crippen molar-refractivity contribution in [1.82, 2.24) is 14.9 Å². The molecule has 0 atom stereocenters. The number of anilines is 1. The number of benzene rings is 1. The molecule has 134 valence electrons. The topological polar surface area (TPSA) is 76.0 Å². The highest BCUT2D eigenvalue weighted by Crippen LogP contribution is 2.13. The minimum absolute atomic E-state index is 0.265. The second kappa shape index (κ2) is 7.96. The summed E-state index contributed by atoms with van der Waals surface area (Å²) in [5.74, 6) is -0.284. The normalized spacial score (nSPS) is 11.2. The molecule has 0 fully saturated rings. The largest absolute Gasteiger partial charge is 0.345 e. The molecule has 2 rings (SSSR count). The van der Waals surface area contributed by atoms with Gasteiger partial charge in [0.05, 0.1) is 6.20 Å². The smallest absolute Gasteiger partial charge is 0.287 e. The van der Waals surface area contributed by atoms with Crippen molar-refractivity contribution in [1.29, 1.82) is 0 Å². The van der Waals surface area contributed by atoms with Crippen molar-refractivity contribution in [2.24, 2.45) is 0 Å². The highest BCUT2D eigenvalue weighted by Gasteiger charge is 2.23. The molecule has 0 spiro atoms. The molecule has 0 aliphatic carbocycles. The Morgan fingerprint density at radius 2 is 1.80 bits per heavy atom. The average molecular weight is 342 g/mol. The van der Waals surface area contributed by atoms with Crippen LogP contribution in [0.5, 0.6) is 0 Å². The highest BCUT2D eigenvalue weighted by molar-refractivity contribution is 6.04. The molecule has 6 heteroatoms. The van der Waals surface area contributed by atoms with Gasteiger partial charge in [-0.3, -0.25) is 9.59 Å². The van der Waals surface area contributed by atoms with Gasteiger partial charge in [0.1, 0.15) is 5.69 Å². The third-order valence-corrected chi connectivity index (χ3v) is 3.55. The molecule has 0 saturated heterocycles. The Morgan fingerprint density at radius 3 is 2.40 bits per heavy atom. The summed E-state index contributed by atoms with van der Waals surface area (Å²) < 4.78 is 1.70. The van der Waals surface area contributed by atoms with E-state index in [0.717, 1.165) is 12.8 Å². The lowest BCUT2D eigenvalue weighted by atomic mass is 10.1. The van der Waals surface area contributed by atoms with Crippen LogP contribution in [-0.2, 0) is 6.54 Å². The van der Waals surface area contributed by atoms with Gasteiger partial charge in [0.15, 0.2) is 5.82 Å². The number of amides is 2. The number of para-hydroxylation sites is 1. The first kappa shape index (κ1) is 18.7. The molecule has 0 aliphatic heterocycles. The van der Waals surface area contributed by atoms with E-state index in [9.17, 15) is 9.59 Å². The van der Waals surface area contributed by atoms with E-state index in [0.29, 0.717) is 17.9 Å². The third kappa shape index (κ3) is 5.17. The minimum Gasteiger partial charge on any atom is -0.345 e. The zero-order valence-corrected chi connectivity index (χ0v) is 15.3. The summed E-state index contributed by atoms with van der Waals surface area (Å²) in [7, 11) is 0. The van der Waals surface area contributed by atoms with Gasteiger partial charge in [0, 0.05) is 17.8 Å². The SMILES string of the molecule is CCCCn1c(C(=O)Nc2ccccc2)cnc1C(=O)NC(C)(C)C. The third-order valence-electron chi connectivity index (χ3n) is 3.55. The maximum atomic E-state index is 12.6. The lowest BCUT2D eigenvalue weighted by Crippen LogP contribution is -2.42. The molecular weight excluding hydrogens is 316 g/mol. The summed E-state index contributed by atoms with van der Waals surface area (Å²) in [6, 6.07) is 9.23. The van der Waals surface area contributed by atoms with E-state index in [2.05, 4.69) is 22.5 Å². The van der Waals surface area contributed by atoms with Gasteiger partial charge in [0.2, 0.25) is 0 Å². The van der Waals surface area contributed by atoms with Crippen LogP contribution >= 0.6 is 0 Å². The van der Waals surface area contributed by atoms with Gasteiger partial charge < -0.3 is 15.2 Å². The summed E-state index contributed by atoms with van der Waals surface area (Å²) in [5, 5.41) is 5.74. The van der Waals surface area contributed by atoms with E-state index < -0.39 is 0 Å². The number of unbranched alkanes of at least 4 members (excludes halogenated alkanes) is 1. The average Bonchev–Trinajstić information content (AvgIpc) is 2.96. The maximum absolute atomic E-state index is 12.6. The number of hydrogen-bond donors (Lipinski definition) is 2. The van der Waals surface area contributed by atoms with Crippen LogP contribution in [-0.4, -0.2) is 26.9 Å². The van der Waals surface area contributed by atoms with E-state index in [-0.39, 0.29) is 23.2 Å². The maximum Gasteiger partial charge on any atom is 0.287 e. The Labute approximate surface area is 148 Å². The van der Waals surface area contributed by atoms with Gasteiger partial charge in [-0.2, -0.15) is 0 Å². The van der Waals surface area contributed by atoms with Crippen LogP contribution in [0.2, 0.25) is 0 Å². The second-order valence-electron chi connectivity index (χ2n) is 7.00. The number of carbonyl (C=O) groups excluding carboxylic acids is 2. The Bertz CT molecular complexity index is 730. The summed E-state index contributed by atoms with van der Waals surface area (Å²) >= 11 is 0. The van der Waals surface area contributed by atoms with Crippen LogP contribution in [0.3, 0.4) is 0 Å². The van der Waals surface area contributed by atoms with Gasteiger partial charge in [-0.1, -0.05) is 31.5 Å². The highest BCUT2D eigenvalue weighted by atomic mass is 16.2. The summed E-state index contributed by atoms with van der Waals surface area (Å²) in [6.07, 6.45) is 3.28. The number of rotatable bonds is 6. The van der Waals surface area contributed by atoms with Crippen LogP contribution in [0.1, 0.15) is 61.6 Å². The van der Waals surface area contributed by atoms with Crippen molar-refractivity contribution >= 4 is 17.5 Å². The predicted molar refractivity (Wildman–Crippen MR) is 98.7 cm³/mol. The molecule has 1 heterocycles. The van der Waals surface area contributed by atoms with Crippen molar-refractivity contribution in [3.8, 4) is 0 Å². The first-order valence-electron chi connectivity index (χ1n) is 8.56. The van der Waals surface area contributed by atoms with Crippen molar-refractivity contribution in [3.05, 3.63) is 48.0 Å². The van der Waals surface area contributed by atoms with Gasteiger partial charge >= 0.3 is 0 Å². The zero-order chi connectivity index (χ0) is 18.4. The van der Waals surface area contributed by atoms with E-state index in [4.69, 9.17) is 0 Å². The number of hydrogen-bond acceptors (Lipinski definition) is 3. The summed E-state index contributed by atoms with van der Waals surface area (Å²) in [6.45, 7) is 8.37. The molecule has 1 aromatic carbocycles. The molecule has 1 aromatic heterocycles. The minimum atomic E-state index is -0.370. The number of carbonyl (C=O) groups is 2. The summed E-state index contributed by atoms with van der Waals surface area (Å²) in [4.78, 5) is 29.3. The standard InChI is InChI=1S/C19H26N4O2/c1-5-6-12-23-15(17(24)21-14-10-8-7-9-11-14)13-20-16(23)18(25)22-19(2,3)4/h7-11,13H,5-6,12H2,1-4H3,(H,21,24)(H,22,25). The predicted octanol–water partition coefficient (Wildman–Crippen LogP) is 3.46. The van der Waals surface area contributed by atoms with Gasteiger partial charge in [-0.25, -0.2) is 4.98 Å². The Kier molecular flexibility index (Phi) is 5.96. The van der Waals surface area contributed by atoms with Crippen LogP contribution in [0.25, 0.3) is 0 Å². The fraction of sp³-hybridized carbons (Fsp3) is 0.421. The number of nitrogens with one attached hydrogen (secondary N) is 2. The van der Waals surface area contributed by atoms with E-state index in [1.807, 2.05) is 51.1 Å². The molecule has 2 aromatic rings. The van der Waals surface area contributed by atoms with E-state index in [1.165, 1.54) is 6.20 Å². The monoisotopic (exact) mass is 342 g/mol. The Hall–Kier alpha value is -2.63. The molecule has 25 heavy (non-hydrogen) atoms. The van der Waals surface area contributed by atoms with Crippen molar-refractivity contribution in [3.63, 3.8) is 0 Å². The second-order valence-corrected chi connectivity index (χ2v) is 7.00. The molecule has 2 amide bonds. The van der Waals surface area contributed by atoms with Crippen molar-refractivity contribution in [2.45, 2.75) is 52.6 Å². The number of imidazole rings is 1. The molecule has 2 N–H and O–H groups in total. The van der Waals surface area contributed by atoms with Crippen molar-refractivity contribution < 1.29 is 9.59 Å². The molecule has 0 aliphatic rings. The lowest BCUT2D eigenvalue weighted by molar-refractivity contribution is 0.0904. The fourth-order valence-corrected chi connectivity index (χ4v) is 2.39. The Morgan fingerprint density at radius 1 is 1.12 bits per heavy atom. The number of nitrogens with zero attached hydrogens (tertiary/aromatic N) is 2. The van der Waals surface area contributed by atoms with Gasteiger partial charge in [-0.15, -0.1) is 0 Å². The molecule has 0 unspecified atom stereocenters. The van der Waals surface area contributed by atoms with Crippen LogP contribution < -0.4 is 10.6 Å². The number of aromatic nitrogens is 2. The molecule has 0 bridgehead atoms. The zero-order valence-electron chi connectivity index (χ0n) is 15.3. The Balaban J connectivity index is 2.28. The van der Waals surface area contributed by atoms with Crippen LogP contribution in [0, 0.1) is 0 Å². The van der Waals surface area contributed by atoms with E-state index in [1.54, 1.807) is 4.57 Å².